The first-order chi connectivity index (χ1) is 8.50. The van der Waals surface area contributed by atoms with Gasteiger partial charge in [0.15, 0.2) is 0 Å². The van der Waals surface area contributed by atoms with Crippen LogP contribution in [0.15, 0.2) is 52.6 Å². The number of hydrogen-bond acceptors (Lipinski definition) is 3. The molecule has 0 aliphatic carbocycles. The Balaban J connectivity index is 2.50. The second kappa shape index (κ2) is 5.17. The summed E-state index contributed by atoms with van der Waals surface area (Å²) in [4.78, 5) is 4.22. The van der Waals surface area contributed by atoms with E-state index in [1.165, 1.54) is 0 Å². The molecule has 0 unspecified atom stereocenters. The first-order valence-corrected chi connectivity index (χ1v) is 7.44. The molecule has 18 heavy (non-hydrogen) atoms. The number of hydrogen-bond donors (Lipinski definition) is 1. The van der Waals surface area contributed by atoms with E-state index in [0.29, 0.717) is 9.87 Å². The van der Waals surface area contributed by atoms with Crippen LogP contribution in [0.4, 0.5) is 0 Å². The number of fused-ring (bicyclic) bond motifs is 1. The molecule has 0 spiro atoms. The molecule has 0 saturated heterocycles. The summed E-state index contributed by atoms with van der Waals surface area (Å²) in [6.07, 6.45) is 3.21. The lowest BCUT2D eigenvalue weighted by molar-refractivity contribution is 0.586. The van der Waals surface area contributed by atoms with Gasteiger partial charge >= 0.3 is 0 Å². The summed E-state index contributed by atoms with van der Waals surface area (Å²) in [6, 6.07) is 6.78. The van der Waals surface area contributed by atoms with Gasteiger partial charge in [-0.2, -0.15) is 0 Å². The fourth-order valence-corrected chi connectivity index (χ4v) is 3.16. The SMILES string of the molecule is C=C(Br)CNS(=O)(=O)c1cccc2cnccc12. The van der Waals surface area contributed by atoms with E-state index in [1.54, 1.807) is 30.6 Å². The van der Waals surface area contributed by atoms with Gasteiger partial charge in [-0.1, -0.05) is 34.6 Å². The molecule has 94 valence electrons. The number of halogens is 1. The molecule has 0 amide bonds. The highest BCUT2D eigenvalue weighted by molar-refractivity contribution is 9.11. The molecule has 1 aromatic heterocycles. The highest BCUT2D eigenvalue weighted by Crippen LogP contribution is 2.21. The van der Waals surface area contributed by atoms with Crippen molar-refractivity contribution >= 4 is 36.7 Å². The van der Waals surface area contributed by atoms with Gasteiger partial charge in [-0.05, 0) is 12.1 Å². The molecule has 0 aliphatic rings. The van der Waals surface area contributed by atoms with Gasteiger partial charge in [0, 0.05) is 34.2 Å². The minimum absolute atomic E-state index is 0.157. The fourth-order valence-electron chi connectivity index (χ4n) is 1.58. The maximum atomic E-state index is 12.2. The van der Waals surface area contributed by atoms with Crippen LogP contribution in [-0.4, -0.2) is 19.9 Å². The van der Waals surface area contributed by atoms with Crippen LogP contribution in [0, 0.1) is 0 Å². The molecule has 0 bridgehead atoms. The van der Waals surface area contributed by atoms with Crippen molar-refractivity contribution in [2.75, 3.05) is 6.54 Å². The molecule has 2 aromatic rings. The van der Waals surface area contributed by atoms with Crippen LogP contribution < -0.4 is 4.72 Å². The van der Waals surface area contributed by atoms with Crippen LogP contribution in [-0.2, 0) is 10.0 Å². The molecule has 1 N–H and O–H groups in total. The first kappa shape index (κ1) is 13.2. The zero-order valence-corrected chi connectivity index (χ0v) is 11.8. The Morgan fingerprint density at radius 1 is 1.39 bits per heavy atom. The molecule has 6 heteroatoms. The molecule has 1 heterocycles. The molecule has 1 aromatic carbocycles. The summed E-state index contributed by atoms with van der Waals surface area (Å²) in [6.45, 7) is 3.75. The Kier molecular flexibility index (Phi) is 3.79. The van der Waals surface area contributed by atoms with Gasteiger partial charge in [-0.15, -0.1) is 0 Å². The van der Waals surface area contributed by atoms with E-state index in [0.717, 1.165) is 5.39 Å². The summed E-state index contributed by atoms with van der Waals surface area (Å²) in [5.74, 6) is 0. The lowest BCUT2D eigenvalue weighted by Gasteiger charge is -2.08. The topological polar surface area (TPSA) is 59.1 Å². The molecule has 0 saturated carbocycles. The molecule has 0 radical (unpaired) electrons. The Hall–Kier alpha value is -1.24. The van der Waals surface area contributed by atoms with Crippen molar-refractivity contribution in [2.45, 2.75) is 4.90 Å². The second-order valence-corrected chi connectivity index (χ2v) is 6.55. The van der Waals surface area contributed by atoms with Crippen molar-refractivity contribution in [1.82, 2.24) is 9.71 Å². The zero-order chi connectivity index (χ0) is 13.2. The molecule has 0 fully saturated rings. The summed E-state index contributed by atoms with van der Waals surface area (Å²) >= 11 is 3.12. The van der Waals surface area contributed by atoms with E-state index < -0.39 is 10.0 Å². The lowest BCUT2D eigenvalue weighted by Crippen LogP contribution is -2.24. The van der Waals surface area contributed by atoms with E-state index >= 15 is 0 Å². The number of sulfonamides is 1. The summed E-state index contributed by atoms with van der Waals surface area (Å²) < 4.78 is 27.4. The van der Waals surface area contributed by atoms with Crippen molar-refractivity contribution < 1.29 is 8.42 Å². The Bertz CT molecular complexity index is 693. The van der Waals surface area contributed by atoms with Gasteiger partial charge in [0.1, 0.15) is 0 Å². The lowest BCUT2D eigenvalue weighted by atomic mass is 10.2. The minimum Gasteiger partial charge on any atom is -0.264 e. The number of pyridine rings is 1. The van der Waals surface area contributed by atoms with Crippen LogP contribution in [0.25, 0.3) is 10.8 Å². The number of rotatable bonds is 4. The van der Waals surface area contributed by atoms with Gasteiger partial charge in [0.05, 0.1) is 4.90 Å². The van der Waals surface area contributed by atoms with Gasteiger partial charge in [0.25, 0.3) is 0 Å². The highest BCUT2D eigenvalue weighted by Gasteiger charge is 2.16. The summed E-state index contributed by atoms with van der Waals surface area (Å²) in [5, 5.41) is 1.44. The van der Waals surface area contributed by atoms with Crippen LogP contribution >= 0.6 is 15.9 Å². The van der Waals surface area contributed by atoms with Crippen LogP contribution in [0.5, 0.6) is 0 Å². The molecule has 0 atom stereocenters. The third-order valence-corrected chi connectivity index (χ3v) is 4.12. The van der Waals surface area contributed by atoms with E-state index in [2.05, 4.69) is 32.2 Å². The Morgan fingerprint density at radius 3 is 2.89 bits per heavy atom. The molecule has 2 rings (SSSR count). The normalized spacial score (nSPS) is 11.6. The molecular weight excluding hydrogens is 316 g/mol. The summed E-state index contributed by atoms with van der Waals surface area (Å²) in [5.41, 5.74) is 0. The standard InChI is InChI=1S/C12H11BrN2O2S/c1-9(13)7-15-18(16,17)12-4-2-3-10-8-14-6-5-11(10)12/h2-6,8,15H,1,7H2. The number of nitrogens with zero attached hydrogens (tertiary/aromatic N) is 1. The maximum absolute atomic E-state index is 12.2. The van der Waals surface area contributed by atoms with Crippen molar-refractivity contribution in [2.24, 2.45) is 0 Å². The van der Waals surface area contributed by atoms with E-state index in [4.69, 9.17) is 0 Å². The van der Waals surface area contributed by atoms with Gasteiger partial charge in [0.2, 0.25) is 10.0 Å². The predicted molar refractivity (Wildman–Crippen MR) is 75.0 cm³/mol. The predicted octanol–water partition coefficient (Wildman–Crippen LogP) is 2.42. The minimum atomic E-state index is -3.55. The average molecular weight is 327 g/mol. The maximum Gasteiger partial charge on any atom is 0.241 e. The second-order valence-electron chi connectivity index (χ2n) is 3.69. The monoisotopic (exact) mass is 326 g/mol. The van der Waals surface area contributed by atoms with Crippen molar-refractivity contribution in [3.05, 3.63) is 47.7 Å². The van der Waals surface area contributed by atoms with Crippen molar-refractivity contribution in [3.8, 4) is 0 Å². The fraction of sp³-hybridized carbons (Fsp3) is 0.0833. The van der Waals surface area contributed by atoms with Gasteiger partial charge in [-0.25, -0.2) is 13.1 Å². The van der Waals surface area contributed by atoms with Crippen LogP contribution in [0.3, 0.4) is 0 Å². The van der Waals surface area contributed by atoms with Gasteiger partial charge in [-0.3, -0.25) is 4.98 Å². The first-order valence-electron chi connectivity index (χ1n) is 5.16. The Labute approximate surface area is 114 Å². The molecule has 4 nitrogen and oxygen atoms in total. The van der Waals surface area contributed by atoms with Crippen LogP contribution in [0.2, 0.25) is 0 Å². The highest BCUT2D eigenvalue weighted by atomic mass is 79.9. The van der Waals surface area contributed by atoms with Crippen LogP contribution in [0.1, 0.15) is 0 Å². The third kappa shape index (κ3) is 2.77. The largest absolute Gasteiger partial charge is 0.264 e. The zero-order valence-electron chi connectivity index (χ0n) is 9.43. The van der Waals surface area contributed by atoms with Crippen molar-refractivity contribution in [3.63, 3.8) is 0 Å². The number of aromatic nitrogens is 1. The smallest absolute Gasteiger partial charge is 0.241 e. The number of benzene rings is 1. The summed E-state index contributed by atoms with van der Waals surface area (Å²) in [7, 11) is -3.55. The van der Waals surface area contributed by atoms with Gasteiger partial charge < -0.3 is 0 Å². The van der Waals surface area contributed by atoms with E-state index in [1.807, 2.05) is 6.07 Å². The molecular formula is C12H11BrN2O2S. The Morgan fingerprint density at radius 2 is 2.17 bits per heavy atom. The number of nitrogens with one attached hydrogen (secondary N) is 1. The third-order valence-electron chi connectivity index (χ3n) is 2.38. The van der Waals surface area contributed by atoms with E-state index in [9.17, 15) is 8.42 Å². The molecule has 0 aliphatic heterocycles. The van der Waals surface area contributed by atoms with Crippen molar-refractivity contribution in [1.29, 1.82) is 0 Å². The average Bonchev–Trinajstić information content (AvgIpc) is 2.36. The quantitative estimate of drug-likeness (QED) is 0.938. The van der Waals surface area contributed by atoms with E-state index in [-0.39, 0.29) is 11.4 Å².